The molecule has 1 saturated carbocycles. The Hall–Kier alpha value is 0.250. The minimum atomic E-state index is 0.330. The first-order valence-corrected chi connectivity index (χ1v) is 5.12. The Morgan fingerprint density at radius 3 is 2.64 bits per heavy atom. The molecule has 11 heavy (non-hydrogen) atoms. The third-order valence-corrected chi connectivity index (χ3v) is 3.25. The van der Waals surface area contributed by atoms with Crippen LogP contribution in [0.1, 0.15) is 38.5 Å². The number of ether oxygens (including phenoxy) is 1. The lowest BCUT2D eigenvalue weighted by molar-refractivity contribution is -0.0910. The predicted molar refractivity (Wildman–Crippen MR) is 46.0 cm³/mol. The zero-order valence-corrected chi connectivity index (χ0v) is 7.57. The normalized spacial score (nSPS) is 34.1. The molecule has 0 aromatic heterocycles. The summed E-state index contributed by atoms with van der Waals surface area (Å²) < 4.78 is 5.94. The fraction of sp³-hybridized carbons (Fsp3) is 1.00. The van der Waals surface area contributed by atoms with Gasteiger partial charge in [-0.15, -0.1) is 11.6 Å². The average Bonchev–Trinajstić information content (AvgIpc) is 2.32. The van der Waals surface area contributed by atoms with Crippen LogP contribution in [0.3, 0.4) is 0 Å². The van der Waals surface area contributed by atoms with Gasteiger partial charge in [-0.05, 0) is 38.5 Å². The van der Waals surface area contributed by atoms with E-state index in [-0.39, 0.29) is 0 Å². The van der Waals surface area contributed by atoms with Crippen molar-refractivity contribution in [3.63, 3.8) is 0 Å². The average molecular weight is 175 g/mol. The van der Waals surface area contributed by atoms with Crippen LogP contribution in [-0.2, 0) is 4.74 Å². The van der Waals surface area contributed by atoms with Crippen molar-refractivity contribution in [3.8, 4) is 0 Å². The number of alkyl halides is 1. The van der Waals surface area contributed by atoms with Crippen molar-refractivity contribution in [3.05, 3.63) is 0 Å². The molecular weight excluding hydrogens is 160 g/mol. The summed E-state index contributed by atoms with van der Waals surface area (Å²) in [5.74, 6) is 0.751. The van der Waals surface area contributed by atoms with Crippen molar-refractivity contribution >= 4 is 11.6 Å². The van der Waals surface area contributed by atoms with Gasteiger partial charge in [0.25, 0.3) is 0 Å². The molecule has 2 heteroatoms. The lowest BCUT2D eigenvalue weighted by atomic mass is 9.78. The molecule has 1 aliphatic carbocycles. The van der Waals surface area contributed by atoms with Crippen LogP contribution in [0.15, 0.2) is 0 Å². The molecule has 0 aromatic rings. The van der Waals surface area contributed by atoms with Gasteiger partial charge in [-0.1, -0.05) is 0 Å². The monoisotopic (exact) mass is 174 g/mol. The Morgan fingerprint density at radius 1 is 1.36 bits per heavy atom. The maximum absolute atomic E-state index is 5.94. The van der Waals surface area contributed by atoms with E-state index in [4.69, 9.17) is 16.3 Å². The van der Waals surface area contributed by atoms with Crippen LogP contribution in [0.4, 0.5) is 0 Å². The number of halogens is 1. The molecule has 1 unspecified atom stereocenters. The highest BCUT2D eigenvalue weighted by Gasteiger charge is 2.44. The second-order valence-corrected chi connectivity index (χ2v) is 4.17. The molecule has 0 radical (unpaired) electrons. The highest BCUT2D eigenvalue weighted by Crippen LogP contribution is 2.46. The zero-order valence-electron chi connectivity index (χ0n) is 6.81. The van der Waals surface area contributed by atoms with Gasteiger partial charge in [0.15, 0.2) is 0 Å². The van der Waals surface area contributed by atoms with Crippen LogP contribution in [0.5, 0.6) is 0 Å². The van der Waals surface area contributed by atoms with E-state index in [1.807, 2.05) is 0 Å². The van der Waals surface area contributed by atoms with Crippen molar-refractivity contribution in [2.45, 2.75) is 50.2 Å². The number of hydrogen-bond donors (Lipinski definition) is 0. The van der Waals surface area contributed by atoms with Gasteiger partial charge in [0.1, 0.15) is 0 Å². The summed E-state index contributed by atoms with van der Waals surface area (Å²) in [4.78, 5) is 0. The summed E-state index contributed by atoms with van der Waals surface area (Å²) in [6.07, 6.45) is 8.02. The zero-order chi connectivity index (χ0) is 7.73. The largest absolute Gasteiger partial charge is 0.372 e. The van der Waals surface area contributed by atoms with Crippen molar-refractivity contribution in [1.29, 1.82) is 0 Å². The molecule has 2 rings (SSSR count). The van der Waals surface area contributed by atoms with Crippen LogP contribution in [0.2, 0.25) is 0 Å². The second-order valence-electron chi connectivity index (χ2n) is 3.79. The van der Waals surface area contributed by atoms with Crippen LogP contribution < -0.4 is 0 Å². The molecule has 2 aliphatic rings. The van der Waals surface area contributed by atoms with Gasteiger partial charge in [0.05, 0.1) is 11.7 Å². The van der Waals surface area contributed by atoms with Crippen LogP contribution in [0.25, 0.3) is 0 Å². The minimum Gasteiger partial charge on any atom is -0.372 e. The predicted octanol–water partition coefficient (Wildman–Crippen LogP) is 2.72. The molecule has 0 aromatic carbocycles. The van der Waals surface area contributed by atoms with E-state index in [9.17, 15) is 0 Å². The molecule has 1 spiro atoms. The number of rotatable bonds is 2. The van der Waals surface area contributed by atoms with Crippen molar-refractivity contribution in [1.82, 2.24) is 0 Å². The maximum Gasteiger partial charge on any atom is 0.0687 e. The van der Waals surface area contributed by atoms with Gasteiger partial charge >= 0.3 is 0 Å². The van der Waals surface area contributed by atoms with Crippen molar-refractivity contribution in [2.24, 2.45) is 0 Å². The van der Waals surface area contributed by atoms with E-state index >= 15 is 0 Å². The molecule has 0 amide bonds. The molecule has 1 atom stereocenters. The molecule has 1 saturated heterocycles. The summed E-state index contributed by atoms with van der Waals surface area (Å²) in [6.45, 7) is 0. The highest BCUT2D eigenvalue weighted by atomic mass is 35.5. The third-order valence-electron chi connectivity index (χ3n) is 3.03. The molecule has 1 heterocycles. The van der Waals surface area contributed by atoms with E-state index in [0.717, 1.165) is 12.3 Å². The van der Waals surface area contributed by atoms with Crippen LogP contribution in [-0.4, -0.2) is 17.6 Å². The summed E-state index contributed by atoms with van der Waals surface area (Å²) in [6, 6.07) is 0. The first kappa shape index (κ1) is 7.88. The van der Waals surface area contributed by atoms with Crippen molar-refractivity contribution in [2.75, 3.05) is 5.88 Å². The van der Waals surface area contributed by atoms with Gasteiger partial charge in [-0.3, -0.25) is 0 Å². The molecule has 1 nitrogen and oxygen atoms in total. The van der Waals surface area contributed by atoms with Gasteiger partial charge < -0.3 is 4.74 Å². The third kappa shape index (κ3) is 1.41. The van der Waals surface area contributed by atoms with Gasteiger partial charge in [-0.2, -0.15) is 0 Å². The maximum atomic E-state index is 5.94. The highest BCUT2D eigenvalue weighted by molar-refractivity contribution is 6.17. The summed E-state index contributed by atoms with van der Waals surface area (Å²) in [7, 11) is 0. The smallest absolute Gasteiger partial charge is 0.0687 e. The fourth-order valence-electron chi connectivity index (χ4n) is 2.16. The minimum absolute atomic E-state index is 0.330. The SMILES string of the molecule is ClCCC1CCC2(CCC2)O1. The summed E-state index contributed by atoms with van der Waals surface area (Å²) in [5, 5.41) is 0. The van der Waals surface area contributed by atoms with E-state index in [1.54, 1.807) is 0 Å². The first-order valence-electron chi connectivity index (χ1n) is 4.58. The van der Waals surface area contributed by atoms with Gasteiger partial charge in [0.2, 0.25) is 0 Å². The molecule has 2 fully saturated rings. The Balaban J connectivity index is 1.83. The van der Waals surface area contributed by atoms with Gasteiger partial charge in [0, 0.05) is 5.88 Å². The van der Waals surface area contributed by atoms with E-state index in [0.29, 0.717) is 11.7 Å². The van der Waals surface area contributed by atoms with E-state index in [2.05, 4.69) is 0 Å². The Morgan fingerprint density at radius 2 is 2.18 bits per heavy atom. The van der Waals surface area contributed by atoms with E-state index in [1.165, 1.54) is 32.1 Å². The summed E-state index contributed by atoms with van der Waals surface area (Å²) in [5.41, 5.74) is 0.330. The Bertz CT molecular complexity index is 142. The lowest BCUT2D eigenvalue weighted by Crippen LogP contribution is -2.36. The molecule has 0 bridgehead atoms. The molecule has 0 N–H and O–H groups in total. The Kier molecular flexibility index (Phi) is 2.11. The standard InChI is InChI=1S/C9H15ClO/c10-7-3-8-2-6-9(11-8)4-1-5-9/h8H,1-7H2. The topological polar surface area (TPSA) is 9.23 Å². The summed E-state index contributed by atoms with van der Waals surface area (Å²) >= 11 is 5.66. The van der Waals surface area contributed by atoms with Crippen LogP contribution in [0, 0.1) is 0 Å². The molecular formula is C9H15ClO. The lowest BCUT2D eigenvalue weighted by Gasteiger charge is -2.37. The van der Waals surface area contributed by atoms with Crippen LogP contribution >= 0.6 is 11.6 Å². The van der Waals surface area contributed by atoms with Crippen molar-refractivity contribution < 1.29 is 4.74 Å². The fourth-order valence-corrected chi connectivity index (χ4v) is 2.40. The Labute approximate surface area is 73.1 Å². The molecule has 64 valence electrons. The molecule has 1 aliphatic heterocycles. The first-order chi connectivity index (χ1) is 5.35. The second kappa shape index (κ2) is 2.95. The number of hydrogen-bond acceptors (Lipinski definition) is 1. The van der Waals surface area contributed by atoms with E-state index < -0.39 is 0 Å². The quantitative estimate of drug-likeness (QED) is 0.585. The van der Waals surface area contributed by atoms with Gasteiger partial charge in [-0.25, -0.2) is 0 Å².